The molecule has 29 heavy (non-hydrogen) atoms. The Labute approximate surface area is 166 Å². The van der Waals surface area contributed by atoms with E-state index in [4.69, 9.17) is 0 Å². The summed E-state index contributed by atoms with van der Waals surface area (Å²) < 4.78 is 0. The molecule has 1 aliphatic heterocycles. The topological polar surface area (TPSA) is 107 Å². The predicted octanol–water partition coefficient (Wildman–Crippen LogP) is 3.52. The first-order valence-electron chi connectivity index (χ1n) is 9.10. The number of carbonyl (C=O) groups is 1. The van der Waals surface area contributed by atoms with Crippen LogP contribution in [0.5, 0.6) is 0 Å². The molecule has 3 aromatic rings. The Morgan fingerprint density at radius 1 is 1.00 bits per heavy atom. The maximum absolute atomic E-state index is 13.1. The van der Waals surface area contributed by atoms with Crippen molar-refractivity contribution < 1.29 is 19.9 Å². The number of nitro benzene ring substituents is 1. The van der Waals surface area contributed by atoms with Gasteiger partial charge in [-0.05, 0) is 56.3 Å². The van der Waals surface area contributed by atoms with Gasteiger partial charge < -0.3 is 15.1 Å². The van der Waals surface area contributed by atoms with Gasteiger partial charge in [-0.25, -0.2) is 0 Å². The Bertz CT molecular complexity index is 1120. The lowest BCUT2D eigenvalue weighted by Gasteiger charge is -2.31. The minimum Gasteiger partial charge on any atom is -0.374 e. The highest BCUT2D eigenvalue weighted by Crippen LogP contribution is 2.44. The summed E-state index contributed by atoms with van der Waals surface area (Å²) in [5.74, 6) is -0.262. The van der Waals surface area contributed by atoms with Crippen molar-refractivity contribution in [2.45, 2.75) is 26.3 Å². The van der Waals surface area contributed by atoms with Gasteiger partial charge in [-0.2, -0.15) is 0 Å². The molecule has 0 bridgehead atoms. The van der Waals surface area contributed by atoms with E-state index in [1.165, 1.54) is 15.9 Å². The number of nitro groups is 1. The van der Waals surface area contributed by atoms with Gasteiger partial charge in [-0.1, -0.05) is 6.07 Å². The van der Waals surface area contributed by atoms with Gasteiger partial charge in [0.25, 0.3) is 11.6 Å². The van der Waals surface area contributed by atoms with Crippen LogP contribution >= 0.6 is 0 Å². The van der Waals surface area contributed by atoms with Crippen molar-refractivity contribution in [3.8, 4) is 0 Å². The van der Waals surface area contributed by atoms with Crippen molar-refractivity contribution in [3.63, 3.8) is 0 Å². The van der Waals surface area contributed by atoms with Gasteiger partial charge in [0, 0.05) is 22.8 Å². The number of amides is 1. The van der Waals surface area contributed by atoms with E-state index in [-0.39, 0.29) is 11.6 Å². The van der Waals surface area contributed by atoms with Crippen molar-refractivity contribution in [1.82, 2.24) is 0 Å². The molecule has 1 aliphatic rings. The number of non-ortho nitro benzene ring substituents is 1. The highest BCUT2D eigenvalue weighted by Gasteiger charge is 2.33. The van der Waals surface area contributed by atoms with Crippen molar-refractivity contribution in [3.05, 3.63) is 70.3 Å². The van der Waals surface area contributed by atoms with E-state index in [2.05, 4.69) is 0 Å². The molecule has 2 N–H and O–H groups in total. The maximum Gasteiger partial charge on any atom is 0.277 e. The number of benzene rings is 3. The van der Waals surface area contributed by atoms with Gasteiger partial charge >= 0.3 is 0 Å². The average Bonchev–Trinajstić information content (AvgIpc) is 2.96. The lowest BCUT2D eigenvalue weighted by atomic mass is 10.0. The zero-order chi connectivity index (χ0) is 20.9. The molecule has 2 atom stereocenters. The van der Waals surface area contributed by atoms with Crippen LogP contribution in [-0.4, -0.2) is 33.5 Å². The Hall–Kier alpha value is -3.49. The van der Waals surface area contributed by atoms with Gasteiger partial charge in [-0.15, -0.1) is 0 Å². The second-order valence-corrected chi connectivity index (χ2v) is 6.92. The molecule has 3 aromatic carbocycles. The molecule has 4 rings (SSSR count). The van der Waals surface area contributed by atoms with Crippen molar-refractivity contribution in [1.29, 1.82) is 0 Å². The third-order valence-corrected chi connectivity index (χ3v) is 5.08. The number of rotatable bonds is 5. The Morgan fingerprint density at radius 2 is 1.66 bits per heavy atom. The van der Waals surface area contributed by atoms with Crippen LogP contribution in [0.1, 0.15) is 24.2 Å². The Kier molecular flexibility index (Phi) is 4.45. The van der Waals surface area contributed by atoms with Gasteiger partial charge in [0.2, 0.25) is 0 Å². The minimum absolute atomic E-state index is 0.0416. The summed E-state index contributed by atoms with van der Waals surface area (Å²) in [6.07, 6.45) is -1.79. The van der Waals surface area contributed by atoms with E-state index in [1.807, 2.05) is 0 Å². The summed E-state index contributed by atoms with van der Waals surface area (Å²) in [6.45, 7) is 3.10. The molecule has 1 heterocycles. The fraction of sp³-hybridized carbons (Fsp3) is 0.190. The first-order valence-corrected chi connectivity index (χ1v) is 9.10. The smallest absolute Gasteiger partial charge is 0.277 e. The fourth-order valence-corrected chi connectivity index (χ4v) is 3.90. The molecule has 0 radical (unpaired) electrons. The molecule has 0 aliphatic carbocycles. The molecule has 148 valence electrons. The highest BCUT2D eigenvalue weighted by molar-refractivity contribution is 6.28. The van der Waals surface area contributed by atoms with Crippen LogP contribution in [0.25, 0.3) is 10.8 Å². The molecule has 2 unspecified atom stereocenters. The maximum atomic E-state index is 13.1. The summed E-state index contributed by atoms with van der Waals surface area (Å²) in [5, 5.41) is 32.1. The number of aliphatic hydroxyl groups excluding tert-OH is 2. The second-order valence-electron chi connectivity index (χ2n) is 6.92. The molecule has 0 spiro atoms. The van der Waals surface area contributed by atoms with Gasteiger partial charge in [0.15, 0.2) is 0 Å². The molecule has 1 amide bonds. The van der Waals surface area contributed by atoms with E-state index in [9.17, 15) is 25.1 Å². The van der Waals surface area contributed by atoms with Crippen LogP contribution in [0, 0.1) is 10.1 Å². The van der Waals surface area contributed by atoms with E-state index in [0.29, 0.717) is 33.4 Å². The molecule has 0 fully saturated rings. The van der Waals surface area contributed by atoms with Crippen LogP contribution in [-0.2, 0) is 0 Å². The zero-order valence-corrected chi connectivity index (χ0v) is 15.8. The molecular weight excluding hydrogens is 374 g/mol. The first-order chi connectivity index (χ1) is 13.8. The third-order valence-electron chi connectivity index (χ3n) is 5.08. The van der Waals surface area contributed by atoms with Gasteiger partial charge in [0.1, 0.15) is 12.5 Å². The van der Waals surface area contributed by atoms with E-state index >= 15 is 0 Å². The second kappa shape index (κ2) is 6.84. The van der Waals surface area contributed by atoms with Crippen LogP contribution in [0.2, 0.25) is 0 Å². The Balaban J connectivity index is 1.80. The van der Waals surface area contributed by atoms with Crippen molar-refractivity contribution >= 4 is 39.4 Å². The summed E-state index contributed by atoms with van der Waals surface area (Å²) in [7, 11) is 0. The van der Waals surface area contributed by atoms with Gasteiger partial charge in [0.05, 0.1) is 21.6 Å². The lowest BCUT2D eigenvalue weighted by Crippen LogP contribution is -2.40. The summed E-state index contributed by atoms with van der Waals surface area (Å²) in [4.78, 5) is 26.9. The molecule has 0 saturated heterocycles. The van der Waals surface area contributed by atoms with Crippen molar-refractivity contribution in [2.24, 2.45) is 0 Å². The number of hydrogen-bond acceptors (Lipinski definition) is 6. The number of anilines is 3. The van der Waals surface area contributed by atoms with E-state index < -0.39 is 17.4 Å². The molecule has 0 aromatic heterocycles. The first kappa shape index (κ1) is 18.9. The zero-order valence-electron chi connectivity index (χ0n) is 15.8. The number of carbonyl (C=O) groups excluding carboxylic acids is 1. The van der Waals surface area contributed by atoms with Crippen molar-refractivity contribution in [2.75, 3.05) is 9.80 Å². The van der Waals surface area contributed by atoms with Gasteiger partial charge in [-0.3, -0.25) is 19.8 Å². The molecule has 8 nitrogen and oxygen atoms in total. The number of nitrogens with zero attached hydrogens (tertiary/aromatic N) is 3. The summed E-state index contributed by atoms with van der Waals surface area (Å²) in [5.41, 5.74) is 2.14. The number of hydrogen-bond donors (Lipinski definition) is 2. The monoisotopic (exact) mass is 393 g/mol. The van der Waals surface area contributed by atoms with Crippen LogP contribution < -0.4 is 9.80 Å². The number of aliphatic hydroxyl groups is 2. The standard InChI is InChI=1S/C21H19N3O5/c1-12(25)22(13(2)26)14-6-8-15(9-7-14)23-19-11-10-18(24(28)29)16-4-3-5-17(20(16)19)21(23)27/h3-13,25-26H,1-2H3. The highest BCUT2D eigenvalue weighted by atomic mass is 16.6. The van der Waals surface area contributed by atoms with Crippen LogP contribution in [0.4, 0.5) is 22.7 Å². The largest absolute Gasteiger partial charge is 0.374 e. The minimum atomic E-state index is -0.896. The molecule has 8 heteroatoms. The Morgan fingerprint density at radius 3 is 2.24 bits per heavy atom. The summed E-state index contributed by atoms with van der Waals surface area (Å²) >= 11 is 0. The van der Waals surface area contributed by atoms with E-state index in [1.54, 1.807) is 62.4 Å². The van der Waals surface area contributed by atoms with Crippen LogP contribution in [0.3, 0.4) is 0 Å². The predicted molar refractivity (Wildman–Crippen MR) is 109 cm³/mol. The van der Waals surface area contributed by atoms with Crippen LogP contribution in [0.15, 0.2) is 54.6 Å². The lowest BCUT2D eigenvalue weighted by molar-refractivity contribution is -0.383. The molecule has 0 saturated carbocycles. The quantitative estimate of drug-likeness (QED) is 0.390. The van der Waals surface area contributed by atoms with E-state index in [0.717, 1.165) is 0 Å². The normalized spacial score (nSPS) is 14.9. The fourth-order valence-electron chi connectivity index (χ4n) is 3.90. The SMILES string of the molecule is CC(O)N(c1ccc(N2C(=O)c3cccc4c([N+](=O)[O-])ccc2c34)cc1)C(C)O. The third kappa shape index (κ3) is 2.89. The molecular formula is C21H19N3O5. The average molecular weight is 393 g/mol. The summed E-state index contributed by atoms with van der Waals surface area (Å²) in [6, 6.07) is 14.8.